The van der Waals surface area contributed by atoms with E-state index in [-0.39, 0.29) is 0 Å². The largest absolute Gasteiger partial charge is 0.460 e. The van der Waals surface area contributed by atoms with Gasteiger partial charge in [-0.2, -0.15) is 30.7 Å². The Morgan fingerprint density at radius 1 is 1.00 bits per heavy atom. The summed E-state index contributed by atoms with van der Waals surface area (Å²) in [5.74, 6) is -11.6. The van der Waals surface area contributed by atoms with Crippen LogP contribution in [0.3, 0.4) is 0 Å². The van der Waals surface area contributed by atoms with E-state index in [0.717, 1.165) is 6.07 Å². The molecule has 0 aliphatic heterocycles. The highest BCUT2D eigenvalue weighted by atomic mass is 19.4. The van der Waals surface area contributed by atoms with Crippen LogP contribution in [-0.2, 0) is 5.92 Å². The molecule has 0 aromatic carbocycles. The Labute approximate surface area is 84.9 Å². The van der Waals surface area contributed by atoms with E-state index in [4.69, 9.17) is 0 Å². The smallest absolute Gasteiger partial charge is 0.254 e. The normalized spacial score (nSPS) is 13.9. The lowest BCUT2D eigenvalue weighted by Crippen LogP contribution is -2.50. The third-order valence-corrected chi connectivity index (χ3v) is 1.69. The van der Waals surface area contributed by atoms with Crippen molar-refractivity contribution in [3.63, 3.8) is 0 Å². The van der Waals surface area contributed by atoms with Crippen molar-refractivity contribution in [2.24, 2.45) is 0 Å². The molecule has 1 radical (unpaired) electrons. The van der Waals surface area contributed by atoms with Crippen LogP contribution in [0.4, 0.5) is 30.7 Å². The van der Waals surface area contributed by atoms with Crippen LogP contribution in [0.1, 0.15) is 5.69 Å². The van der Waals surface area contributed by atoms with Gasteiger partial charge in [0, 0.05) is 12.3 Å². The van der Waals surface area contributed by atoms with Gasteiger partial charge in [-0.15, -0.1) is 0 Å². The van der Waals surface area contributed by atoms with Crippen molar-refractivity contribution in [2.45, 2.75) is 18.0 Å². The summed E-state index contributed by atoms with van der Waals surface area (Å²) in [6, 6.07) is 3.24. The molecule has 0 bridgehead atoms. The molecule has 0 aliphatic carbocycles. The second-order valence-electron chi connectivity index (χ2n) is 2.79. The lowest BCUT2D eigenvalue weighted by Gasteiger charge is -2.27. The Morgan fingerprint density at radius 3 is 1.94 bits per heavy atom. The molecule has 0 aliphatic rings. The number of alkyl halides is 7. The molecule has 8 heteroatoms. The van der Waals surface area contributed by atoms with Crippen molar-refractivity contribution in [1.82, 2.24) is 4.98 Å². The number of pyridine rings is 1. The summed E-state index contributed by atoms with van der Waals surface area (Å²) in [6.45, 7) is 0. The van der Waals surface area contributed by atoms with Gasteiger partial charge in [0.15, 0.2) is 0 Å². The molecule has 0 unspecified atom stereocenters. The molecule has 0 saturated carbocycles. The number of aromatic nitrogens is 1. The SMILES string of the molecule is FC(F)(F)C(F)(F)C(F)(F)c1cc[c]cn1. The van der Waals surface area contributed by atoms with Crippen LogP contribution >= 0.6 is 0 Å². The van der Waals surface area contributed by atoms with Crippen LogP contribution in [0.2, 0.25) is 0 Å². The van der Waals surface area contributed by atoms with Crippen molar-refractivity contribution < 1.29 is 30.7 Å². The number of rotatable bonds is 2. The highest BCUT2D eigenvalue weighted by Crippen LogP contribution is 2.51. The summed E-state index contributed by atoms with van der Waals surface area (Å²) in [5, 5.41) is 0. The summed E-state index contributed by atoms with van der Waals surface area (Å²) in [7, 11) is 0. The van der Waals surface area contributed by atoms with Crippen molar-refractivity contribution >= 4 is 0 Å². The van der Waals surface area contributed by atoms with Gasteiger partial charge in [0.2, 0.25) is 0 Å². The summed E-state index contributed by atoms with van der Waals surface area (Å²) in [4.78, 5) is 2.74. The molecule has 1 nitrogen and oxygen atoms in total. The topological polar surface area (TPSA) is 12.9 Å². The van der Waals surface area contributed by atoms with E-state index < -0.39 is 23.7 Å². The first-order chi connectivity index (χ1) is 7.11. The molecule has 89 valence electrons. The van der Waals surface area contributed by atoms with E-state index in [1.54, 1.807) is 0 Å². The van der Waals surface area contributed by atoms with Gasteiger partial charge in [0.1, 0.15) is 5.69 Å². The van der Waals surface area contributed by atoms with Gasteiger partial charge in [-0.3, -0.25) is 4.98 Å². The predicted molar refractivity (Wildman–Crippen MR) is 38.0 cm³/mol. The van der Waals surface area contributed by atoms with E-state index in [2.05, 4.69) is 11.1 Å². The Bertz CT molecular complexity index is 356. The maximum absolute atomic E-state index is 12.9. The summed E-state index contributed by atoms with van der Waals surface area (Å²) < 4.78 is 86.0. The van der Waals surface area contributed by atoms with Gasteiger partial charge in [0.25, 0.3) is 0 Å². The van der Waals surface area contributed by atoms with Crippen molar-refractivity contribution in [3.8, 4) is 0 Å². The fourth-order valence-electron chi connectivity index (χ4n) is 0.845. The van der Waals surface area contributed by atoms with Crippen LogP contribution in [0, 0.1) is 6.07 Å². The van der Waals surface area contributed by atoms with Crippen LogP contribution < -0.4 is 0 Å². The van der Waals surface area contributed by atoms with Crippen LogP contribution in [0.25, 0.3) is 0 Å². The first kappa shape index (κ1) is 12.7. The fraction of sp³-hybridized carbons (Fsp3) is 0.375. The lowest BCUT2D eigenvalue weighted by atomic mass is 10.1. The number of halogens is 7. The first-order valence-corrected chi connectivity index (χ1v) is 3.75. The molecular formula is C8H3F7N. The van der Waals surface area contributed by atoms with Gasteiger partial charge in [-0.05, 0) is 6.07 Å². The predicted octanol–water partition coefficient (Wildman–Crippen LogP) is 3.17. The van der Waals surface area contributed by atoms with Crippen molar-refractivity contribution in [2.75, 3.05) is 0 Å². The second kappa shape index (κ2) is 3.60. The van der Waals surface area contributed by atoms with Gasteiger partial charge in [-0.25, -0.2) is 0 Å². The maximum atomic E-state index is 12.9. The van der Waals surface area contributed by atoms with E-state index >= 15 is 0 Å². The molecular weight excluding hydrogens is 243 g/mol. The van der Waals surface area contributed by atoms with Crippen LogP contribution in [-0.4, -0.2) is 17.1 Å². The number of hydrogen-bond acceptors (Lipinski definition) is 1. The van der Waals surface area contributed by atoms with Gasteiger partial charge >= 0.3 is 18.0 Å². The monoisotopic (exact) mass is 246 g/mol. The van der Waals surface area contributed by atoms with E-state index in [0.29, 0.717) is 12.3 Å². The average molecular weight is 246 g/mol. The minimum atomic E-state index is -6.35. The third kappa shape index (κ3) is 1.83. The molecule has 1 heterocycles. The van der Waals surface area contributed by atoms with Gasteiger partial charge in [0.05, 0.1) is 0 Å². The Kier molecular flexibility index (Phi) is 2.86. The Balaban J connectivity index is 3.22. The zero-order chi connectivity index (χ0) is 12.6. The quantitative estimate of drug-likeness (QED) is 0.730. The summed E-state index contributed by atoms with van der Waals surface area (Å²) in [6.07, 6.45) is -5.77. The first-order valence-electron chi connectivity index (χ1n) is 3.75. The highest BCUT2D eigenvalue weighted by molar-refractivity contribution is 5.14. The number of nitrogens with zero attached hydrogens (tertiary/aromatic N) is 1. The minimum absolute atomic E-state index is 0.347. The Morgan fingerprint density at radius 2 is 1.56 bits per heavy atom. The number of hydrogen-bond donors (Lipinski definition) is 0. The zero-order valence-electron chi connectivity index (χ0n) is 7.33. The average Bonchev–Trinajstić information content (AvgIpc) is 2.17. The summed E-state index contributed by atoms with van der Waals surface area (Å²) in [5.41, 5.74) is -1.66. The molecule has 0 saturated heterocycles. The molecule has 1 aromatic heterocycles. The van der Waals surface area contributed by atoms with Crippen LogP contribution in [0.5, 0.6) is 0 Å². The second-order valence-corrected chi connectivity index (χ2v) is 2.79. The summed E-state index contributed by atoms with van der Waals surface area (Å²) >= 11 is 0. The lowest BCUT2D eigenvalue weighted by molar-refractivity contribution is -0.360. The van der Waals surface area contributed by atoms with Gasteiger partial charge in [-0.1, -0.05) is 6.07 Å². The molecule has 0 spiro atoms. The van der Waals surface area contributed by atoms with E-state index in [9.17, 15) is 30.7 Å². The Hall–Kier alpha value is -1.34. The fourth-order valence-corrected chi connectivity index (χ4v) is 0.845. The molecule has 0 atom stereocenters. The third-order valence-electron chi connectivity index (χ3n) is 1.69. The van der Waals surface area contributed by atoms with Gasteiger partial charge < -0.3 is 0 Å². The minimum Gasteiger partial charge on any atom is -0.254 e. The van der Waals surface area contributed by atoms with E-state index in [1.165, 1.54) is 0 Å². The molecule has 1 aromatic rings. The molecule has 0 fully saturated rings. The van der Waals surface area contributed by atoms with Crippen LogP contribution in [0.15, 0.2) is 18.3 Å². The molecule has 0 N–H and O–H groups in total. The van der Waals surface area contributed by atoms with E-state index in [1.807, 2.05) is 0 Å². The highest BCUT2D eigenvalue weighted by Gasteiger charge is 2.74. The molecule has 0 amide bonds. The van der Waals surface area contributed by atoms with Crippen molar-refractivity contribution in [3.05, 3.63) is 30.1 Å². The van der Waals surface area contributed by atoms with Crippen molar-refractivity contribution in [1.29, 1.82) is 0 Å². The molecule has 16 heavy (non-hydrogen) atoms. The zero-order valence-corrected chi connectivity index (χ0v) is 7.33. The molecule has 1 rings (SSSR count). The maximum Gasteiger partial charge on any atom is 0.460 e. The standard InChI is InChI=1S/C8H3F7N/c9-6(10,5-3-1-2-4-16-5)7(11,12)8(13,14)15/h1,3-4H.